The van der Waals surface area contributed by atoms with E-state index in [0.29, 0.717) is 27.5 Å². The van der Waals surface area contributed by atoms with Gasteiger partial charge < -0.3 is 14.6 Å². The Labute approximate surface area is 171 Å². The van der Waals surface area contributed by atoms with Gasteiger partial charge in [0.1, 0.15) is 15.8 Å². The van der Waals surface area contributed by atoms with E-state index in [0.717, 1.165) is 16.7 Å². The molecule has 3 rings (SSSR count). The fraction of sp³-hybridized carbons (Fsp3) is 0.150. The SMILES string of the molecule is COc1ccc(C=C2SC(=S)N(C(C(=O)O)c3ccccc3)C2=O)c(OC)c1. The monoisotopic (exact) mass is 415 g/mol. The number of nitrogens with zero attached hydrogens (tertiary/aromatic N) is 1. The molecular weight excluding hydrogens is 398 g/mol. The molecule has 1 aliphatic heterocycles. The number of hydrogen-bond donors (Lipinski definition) is 1. The maximum absolute atomic E-state index is 13.0. The number of carboxylic acids is 1. The topological polar surface area (TPSA) is 76.1 Å². The summed E-state index contributed by atoms with van der Waals surface area (Å²) in [4.78, 5) is 26.3. The van der Waals surface area contributed by atoms with Crippen LogP contribution in [0.25, 0.3) is 6.08 Å². The van der Waals surface area contributed by atoms with Gasteiger partial charge >= 0.3 is 5.97 Å². The van der Waals surface area contributed by atoms with Crippen molar-refractivity contribution in [3.05, 3.63) is 64.6 Å². The average Bonchev–Trinajstić information content (AvgIpc) is 2.97. The van der Waals surface area contributed by atoms with Crippen LogP contribution in [0.15, 0.2) is 53.4 Å². The van der Waals surface area contributed by atoms with Crippen molar-refractivity contribution in [2.45, 2.75) is 6.04 Å². The van der Waals surface area contributed by atoms with Crippen molar-refractivity contribution in [2.24, 2.45) is 0 Å². The number of methoxy groups -OCH3 is 2. The van der Waals surface area contributed by atoms with Crippen LogP contribution in [0, 0.1) is 0 Å². The van der Waals surface area contributed by atoms with Gasteiger partial charge in [0.25, 0.3) is 5.91 Å². The number of thiocarbonyl (C=S) groups is 1. The molecule has 28 heavy (non-hydrogen) atoms. The van der Waals surface area contributed by atoms with E-state index in [1.54, 1.807) is 61.7 Å². The number of ether oxygens (including phenoxy) is 2. The van der Waals surface area contributed by atoms with Gasteiger partial charge in [-0.15, -0.1) is 0 Å². The van der Waals surface area contributed by atoms with E-state index >= 15 is 0 Å². The zero-order chi connectivity index (χ0) is 20.3. The first kappa shape index (κ1) is 19.9. The lowest BCUT2D eigenvalue weighted by Crippen LogP contribution is -2.37. The largest absolute Gasteiger partial charge is 0.497 e. The molecule has 1 heterocycles. The number of carboxylic acid groups (broad SMARTS) is 1. The van der Waals surface area contributed by atoms with E-state index in [9.17, 15) is 14.7 Å². The predicted octanol–water partition coefficient (Wildman–Crippen LogP) is 3.73. The second-order valence-electron chi connectivity index (χ2n) is 5.81. The van der Waals surface area contributed by atoms with Crippen molar-refractivity contribution in [3.63, 3.8) is 0 Å². The van der Waals surface area contributed by atoms with Gasteiger partial charge in [-0.25, -0.2) is 4.79 Å². The molecule has 0 saturated carbocycles. The zero-order valence-electron chi connectivity index (χ0n) is 15.1. The summed E-state index contributed by atoms with van der Waals surface area (Å²) >= 11 is 6.38. The van der Waals surface area contributed by atoms with Gasteiger partial charge in [0, 0.05) is 11.6 Å². The minimum Gasteiger partial charge on any atom is -0.497 e. The van der Waals surface area contributed by atoms with Crippen LogP contribution in [0.1, 0.15) is 17.2 Å². The Morgan fingerprint density at radius 2 is 1.89 bits per heavy atom. The molecule has 8 heteroatoms. The van der Waals surface area contributed by atoms with Crippen LogP contribution >= 0.6 is 24.0 Å². The molecule has 1 unspecified atom stereocenters. The second kappa shape index (κ2) is 8.45. The number of carbonyl (C=O) groups is 2. The molecule has 144 valence electrons. The Bertz CT molecular complexity index is 958. The lowest BCUT2D eigenvalue weighted by atomic mass is 10.1. The van der Waals surface area contributed by atoms with Crippen LogP contribution in [0.5, 0.6) is 11.5 Å². The van der Waals surface area contributed by atoms with Gasteiger partial charge in [0.15, 0.2) is 6.04 Å². The predicted molar refractivity (Wildman–Crippen MR) is 111 cm³/mol. The molecule has 1 aliphatic rings. The number of benzene rings is 2. The summed E-state index contributed by atoms with van der Waals surface area (Å²) in [6.45, 7) is 0. The molecule has 0 spiro atoms. The van der Waals surface area contributed by atoms with Crippen molar-refractivity contribution in [3.8, 4) is 11.5 Å². The van der Waals surface area contributed by atoms with Crippen LogP contribution in [-0.2, 0) is 9.59 Å². The Hall–Kier alpha value is -2.84. The van der Waals surface area contributed by atoms with Gasteiger partial charge in [0.2, 0.25) is 0 Å². The first-order chi connectivity index (χ1) is 13.5. The third kappa shape index (κ3) is 3.88. The molecule has 2 aromatic rings. The molecule has 0 radical (unpaired) electrons. The van der Waals surface area contributed by atoms with E-state index in [-0.39, 0.29) is 4.32 Å². The van der Waals surface area contributed by atoms with Crippen molar-refractivity contribution in [1.29, 1.82) is 0 Å². The lowest BCUT2D eigenvalue weighted by molar-refractivity contribution is -0.145. The zero-order valence-corrected chi connectivity index (χ0v) is 16.8. The van der Waals surface area contributed by atoms with Crippen LogP contribution in [-0.4, -0.2) is 40.4 Å². The molecule has 1 atom stereocenters. The van der Waals surface area contributed by atoms with Crippen molar-refractivity contribution >= 4 is 46.3 Å². The van der Waals surface area contributed by atoms with Gasteiger partial charge in [0.05, 0.1) is 19.1 Å². The highest BCUT2D eigenvalue weighted by atomic mass is 32.2. The normalized spacial score (nSPS) is 16.4. The van der Waals surface area contributed by atoms with Crippen LogP contribution in [0.3, 0.4) is 0 Å². The smallest absolute Gasteiger partial charge is 0.331 e. The molecule has 0 aliphatic carbocycles. The Balaban J connectivity index is 1.97. The molecule has 1 saturated heterocycles. The molecule has 2 aromatic carbocycles. The summed E-state index contributed by atoms with van der Waals surface area (Å²) < 4.78 is 10.7. The Morgan fingerprint density at radius 3 is 2.50 bits per heavy atom. The number of carbonyl (C=O) groups excluding carboxylic acids is 1. The number of amides is 1. The van der Waals surface area contributed by atoms with E-state index in [1.807, 2.05) is 0 Å². The first-order valence-electron chi connectivity index (χ1n) is 8.23. The van der Waals surface area contributed by atoms with E-state index in [2.05, 4.69) is 0 Å². The molecule has 1 fully saturated rings. The Kier molecular flexibility index (Phi) is 6.01. The first-order valence-corrected chi connectivity index (χ1v) is 9.45. The van der Waals surface area contributed by atoms with E-state index in [4.69, 9.17) is 21.7 Å². The summed E-state index contributed by atoms with van der Waals surface area (Å²) in [5, 5.41) is 9.72. The van der Waals surface area contributed by atoms with E-state index < -0.39 is 17.9 Å². The molecule has 0 bridgehead atoms. The fourth-order valence-corrected chi connectivity index (χ4v) is 4.12. The third-order valence-electron chi connectivity index (χ3n) is 4.16. The highest BCUT2D eigenvalue weighted by molar-refractivity contribution is 8.26. The van der Waals surface area contributed by atoms with Crippen LogP contribution in [0.2, 0.25) is 0 Å². The molecule has 1 N–H and O–H groups in total. The Morgan fingerprint density at radius 1 is 1.18 bits per heavy atom. The van der Waals surface area contributed by atoms with Crippen LogP contribution in [0.4, 0.5) is 0 Å². The highest BCUT2D eigenvalue weighted by Gasteiger charge is 2.41. The minimum atomic E-state index is -1.18. The van der Waals surface area contributed by atoms with Gasteiger partial charge in [-0.05, 0) is 23.8 Å². The highest BCUT2D eigenvalue weighted by Crippen LogP contribution is 2.39. The third-order valence-corrected chi connectivity index (χ3v) is 5.49. The number of aliphatic carboxylic acids is 1. The average molecular weight is 415 g/mol. The van der Waals surface area contributed by atoms with Crippen molar-refractivity contribution in [1.82, 2.24) is 4.90 Å². The van der Waals surface area contributed by atoms with Gasteiger partial charge in [-0.3, -0.25) is 9.69 Å². The summed E-state index contributed by atoms with van der Waals surface area (Å²) in [5.41, 5.74) is 1.14. The lowest BCUT2D eigenvalue weighted by Gasteiger charge is -2.23. The minimum absolute atomic E-state index is 0.194. The number of thioether (sulfide) groups is 1. The van der Waals surface area contributed by atoms with Crippen molar-refractivity contribution in [2.75, 3.05) is 14.2 Å². The number of hydrogen-bond acceptors (Lipinski definition) is 6. The summed E-state index contributed by atoms with van der Waals surface area (Å²) in [5.74, 6) is -0.450. The standard InChI is InChI=1S/C20H17NO5S2/c1-25-14-9-8-13(15(11-14)26-2)10-16-18(22)21(20(27)28-16)17(19(23)24)12-6-4-3-5-7-12/h3-11,17H,1-2H3,(H,23,24). The van der Waals surface area contributed by atoms with Gasteiger partial charge in [-0.1, -0.05) is 54.3 Å². The maximum atomic E-state index is 13.0. The van der Waals surface area contributed by atoms with Gasteiger partial charge in [-0.2, -0.15) is 0 Å². The number of rotatable bonds is 6. The molecular formula is C20H17NO5S2. The summed E-state index contributed by atoms with van der Waals surface area (Å²) in [6, 6.07) is 12.6. The summed E-state index contributed by atoms with van der Waals surface area (Å²) in [6.07, 6.45) is 1.64. The maximum Gasteiger partial charge on any atom is 0.331 e. The quantitative estimate of drug-likeness (QED) is 0.569. The molecule has 0 aromatic heterocycles. The molecule has 1 amide bonds. The fourth-order valence-electron chi connectivity index (χ4n) is 2.82. The summed E-state index contributed by atoms with van der Waals surface area (Å²) in [7, 11) is 3.07. The van der Waals surface area contributed by atoms with Crippen molar-refractivity contribution < 1.29 is 24.2 Å². The molecule has 6 nitrogen and oxygen atoms in total. The second-order valence-corrected chi connectivity index (χ2v) is 7.49. The van der Waals surface area contributed by atoms with E-state index in [1.165, 1.54) is 7.11 Å². The van der Waals surface area contributed by atoms with Crippen LogP contribution < -0.4 is 9.47 Å².